The van der Waals surface area contributed by atoms with E-state index in [1.807, 2.05) is 89.5 Å². The van der Waals surface area contributed by atoms with Gasteiger partial charge in [0.2, 0.25) is 0 Å². The molecule has 0 unspecified atom stereocenters. The van der Waals surface area contributed by atoms with Gasteiger partial charge in [0.25, 0.3) is 4.84 Å². The van der Waals surface area contributed by atoms with E-state index in [-0.39, 0.29) is 5.75 Å². The van der Waals surface area contributed by atoms with Crippen LogP contribution >= 0.6 is 12.2 Å². The SMILES string of the molecule is Oc1c(Cn2c(=S)oc3ccccc32)cc(-c2ccccc2)cc1-c1ccccc1. The molecule has 3 nitrogen and oxygen atoms in total. The number of aromatic nitrogens is 1. The van der Waals surface area contributed by atoms with E-state index < -0.39 is 0 Å². The van der Waals surface area contributed by atoms with Gasteiger partial charge in [-0.1, -0.05) is 72.8 Å². The van der Waals surface area contributed by atoms with Gasteiger partial charge in [-0.05, 0) is 53.2 Å². The van der Waals surface area contributed by atoms with Gasteiger partial charge in [0.1, 0.15) is 5.75 Å². The lowest BCUT2D eigenvalue weighted by molar-refractivity contribution is 0.466. The molecular formula is C26H19NO2S. The molecular weight excluding hydrogens is 390 g/mol. The molecule has 0 spiro atoms. The van der Waals surface area contributed by atoms with Gasteiger partial charge in [-0.3, -0.25) is 4.57 Å². The molecule has 1 aromatic heterocycles. The summed E-state index contributed by atoms with van der Waals surface area (Å²) < 4.78 is 7.66. The van der Waals surface area contributed by atoms with Crippen molar-refractivity contribution in [2.45, 2.75) is 6.54 Å². The van der Waals surface area contributed by atoms with E-state index in [4.69, 9.17) is 16.6 Å². The Morgan fingerprint density at radius 2 is 1.37 bits per heavy atom. The first-order valence-corrected chi connectivity index (χ1v) is 10.2. The zero-order chi connectivity index (χ0) is 20.5. The van der Waals surface area contributed by atoms with Crippen LogP contribution in [0.25, 0.3) is 33.4 Å². The van der Waals surface area contributed by atoms with Gasteiger partial charge in [0.15, 0.2) is 5.58 Å². The first-order valence-electron chi connectivity index (χ1n) is 9.76. The molecule has 146 valence electrons. The fraction of sp³-hybridized carbons (Fsp3) is 0.0385. The van der Waals surface area contributed by atoms with E-state index >= 15 is 0 Å². The van der Waals surface area contributed by atoms with Crippen LogP contribution in [0, 0.1) is 4.84 Å². The summed E-state index contributed by atoms with van der Waals surface area (Å²) in [6, 6.07) is 31.9. The number of benzene rings is 4. The standard InChI is InChI=1S/C26H19NO2S/c28-25-21(17-27-23-13-7-8-14-24(23)29-26(27)30)15-20(18-9-3-1-4-10-18)16-22(25)19-11-5-2-6-12-19/h1-16,28H,17H2. The predicted molar refractivity (Wildman–Crippen MR) is 123 cm³/mol. The average molecular weight is 410 g/mol. The summed E-state index contributed by atoms with van der Waals surface area (Å²) in [6.45, 7) is 0.419. The van der Waals surface area contributed by atoms with Crippen LogP contribution in [-0.2, 0) is 6.54 Å². The first-order chi connectivity index (χ1) is 14.7. The molecule has 0 aliphatic carbocycles. The van der Waals surface area contributed by atoms with Gasteiger partial charge in [-0.15, -0.1) is 0 Å². The minimum atomic E-state index is 0.257. The maximum atomic E-state index is 11.2. The summed E-state index contributed by atoms with van der Waals surface area (Å²) in [5.74, 6) is 0.257. The molecule has 4 heteroatoms. The molecule has 5 rings (SSSR count). The molecule has 0 fully saturated rings. The van der Waals surface area contributed by atoms with Crippen molar-refractivity contribution in [3.8, 4) is 28.0 Å². The normalized spacial score (nSPS) is 11.1. The number of fused-ring (bicyclic) bond motifs is 1. The number of para-hydroxylation sites is 2. The number of nitrogens with zero attached hydrogens (tertiary/aromatic N) is 1. The van der Waals surface area contributed by atoms with Crippen LogP contribution < -0.4 is 0 Å². The maximum Gasteiger partial charge on any atom is 0.269 e. The predicted octanol–water partition coefficient (Wildman–Crippen LogP) is 7.05. The minimum Gasteiger partial charge on any atom is -0.507 e. The number of aromatic hydroxyl groups is 1. The van der Waals surface area contributed by atoms with Crippen molar-refractivity contribution in [1.82, 2.24) is 4.57 Å². The number of hydrogen-bond donors (Lipinski definition) is 1. The average Bonchev–Trinajstić information content (AvgIpc) is 3.11. The van der Waals surface area contributed by atoms with E-state index in [1.54, 1.807) is 0 Å². The topological polar surface area (TPSA) is 38.3 Å². The largest absolute Gasteiger partial charge is 0.507 e. The lowest BCUT2D eigenvalue weighted by Crippen LogP contribution is -2.01. The molecule has 0 atom stereocenters. The Labute approximate surface area is 179 Å². The lowest BCUT2D eigenvalue weighted by Gasteiger charge is -2.14. The van der Waals surface area contributed by atoms with E-state index in [9.17, 15) is 5.11 Å². The van der Waals surface area contributed by atoms with Crippen molar-refractivity contribution in [3.63, 3.8) is 0 Å². The molecule has 0 aliphatic heterocycles. The highest BCUT2D eigenvalue weighted by molar-refractivity contribution is 7.71. The molecule has 0 saturated heterocycles. The molecule has 0 saturated carbocycles. The molecule has 30 heavy (non-hydrogen) atoms. The summed E-state index contributed by atoms with van der Waals surface area (Å²) in [6.07, 6.45) is 0. The Morgan fingerprint density at radius 1 is 0.733 bits per heavy atom. The van der Waals surface area contributed by atoms with Crippen LogP contribution in [0.2, 0.25) is 0 Å². The molecule has 1 N–H and O–H groups in total. The van der Waals surface area contributed by atoms with Crippen LogP contribution in [-0.4, -0.2) is 9.67 Å². The van der Waals surface area contributed by atoms with Gasteiger partial charge in [0.05, 0.1) is 12.1 Å². The maximum absolute atomic E-state index is 11.2. The number of rotatable bonds is 4. The Morgan fingerprint density at radius 3 is 2.10 bits per heavy atom. The highest BCUT2D eigenvalue weighted by Gasteiger charge is 2.15. The van der Waals surface area contributed by atoms with Crippen molar-refractivity contribution in [2.24, 2.45) is 0 Å². The van der Waals surface area contributed by atoms with E-state index in [0.29, 0.717) is 11.4 Å². The fourth-order valence-electron chi connectivity index (χ4n) is 3.78. The Kier molecular flexibility index (Phi) is 4.69. The van der Waals surface area contributed by atoms with Crippen molar-refractivity contribution in [1.29, 1.82) is 0 Å². The summed E-state index contributed by atoms with van der Waals surface area (Å²) in [7, 11) is 0. The second kappa shape index (κ2) is 7.65. The van der Waals surface area contributed by atoms with E-state index in [2.05, 4.69) is 12.1 Å². The molecule has 0 bridgehead atoms. The van der Waals surface area contributed by atoms with E-state index in [0.717, 1.165) is 38.9 Å². The zero-order valence-electron chi connectivity index (χ0n) is 16.2. The van der Waals surface area contributed by atoms with Crippen molar-refractivity contribution in [2.75, 3.05) is 0 Å². The van der Waals surface area contributed by atoms with Crippen LogP contribution in [0.4, 0.5) is 0 Å². The Hall–Kier alpha value is -3.63. The smallest absolute Gasteiger partial charge is 0.269 e. The molecule has 5 aromatic rings. The molecule has 0 radical (unpaired) electrons. The summed E-state index contributed by atoms with van der Waals surface area (Å²) in [5, 5.41) is 11.2. The van der Waals surface area contributed by atoms with Crippen LogP contribution in [0.1, 0.15) is 5.56 Å². The third-order valence-corrected chi connectivity index (χ3v) is 5.59. The second-order valence-electron chi connectivity index (χ2n) is 7.19. The van der Waals surface area contributed by atoms with Crippen molar-refractivity contribution in [3.05, 3.63) is 107 Å². The van der Waals surface area contributed by atoms with Gasteiger partial charge in [-0.2, -0.15) is 0 Å². The monoisotopic (exact) mass is 409 g/mol. The fourth-order valence-corrected chi connectivity index (χ4v) is 4.04. The number of hydrogen-bond acceptors (Lipinski definition) is 3. The minimum absolute atomic E-state index is 0.257. The third kappa shape index (κ3) is 3.31. The highest BCUT2D eigenvalue weighted by atomic mass is 32.1. The molecule has 1 heterocycles. The quantitative estimate of drug-likeness (QED) is 0.323. The number of phenols is 1. The van der Waals surface area contributed by atoms with Gasteiger partial charge in [0, 0.05) is 11.1 Å². The van der Waals surface area contributed by atoms with Gasteiger partial charge >= 0.3 is 0 Å². The van der Waals surface area contributed by atoms with Crippen LogP contribution in [0.15, 0.2) is 101 Å². The van der Waals surface area contributed by atoms with Crippen molar-refractivity contribution < 1.29 is 9.52 Å². The Bertz CT molecular complexity index is 1390. The number of phenolic OH excluding ortho intramolecular Hbond substituents is 1. The molecule has 0 aliphatic rings. The highest BCUT2D eigenvalue weighted by Crippen LogP contribution is 2.37. The zero-order valence-corrected chi connectivity index (χ0v) is 17.0. The first kappa shape index (κ1) is 18.4. The molecule has 4 aromatic carbocycles. The molecule has 0 amide bonds. The van der Waals surface area contributed by atoms with Crippen molar-refractivity contribution >= 4 is 23.3 Å². The lowest BCUT2D eigenvalue weighted by atomic mass is 9.95. The third-order valence-electron chi connectivity index (χ3n) is 5.28. The number of oxazole rings is 1. The van der Waals surface area contributed by atoms with Gasteiger partial charge in [-0.25, -0.2) is 0 Å². The summed E-state index contributed by atoms with van der Waals surface area (Å²) >= 11 is 5.46. The van der Waals surface area contributed by atoms with Crippen LogP contribution in [0.3, 0.4) is 0 Å². The van der Waals surface area contributed by atoms with Gasteiger partial charge < -0.3 is 9.52 Å². The Balaban J connectivity index is 1.71. The summed E-state index contributed by atoms with van der Waals surface area (Å²) in [5.41, 5.74) is 6.34. The van der Waals surface area contributed by atoms with Crippen LogP contribution in [0.5, 0.6) is 5.75 Å². The second-order valence-corrected chi connectivity index (χ2v) is 7.53. The van der Waals surface area contributed by atoms with E-state index in [1.165, 1.54) is 0 Å². The summed E-state index contributed by atoms with van der Waals surface area (Å²) in [4.78, 5) is 0.391.